The van der Waals surface area contributed by atoms with Crippen LogP contribution in [0.3, 0.4) is 0 Å². The van der Waals surface area contributed by atoms with Crippen LogP contribution in [0.4, 0.5) is 4.79 Å². The predicted octanol–water partition coefficient (Wildman–Crippen LogP) is 0.587. The van der Waals surface area contributed by atoms with Gasteiger partial charge in [-0.05, 0) is 19.8 Å². The number of rotatable bonds is 10. The number of carbonyl (C=O) groups excluding carboxylic acids is 3. The number of aliphatic carboxylic acids is 1. The Morgan fingerprint density at radius 1 is 1.13 bits per heavy atom. The van der Waals surface area contributed by atoms with Crippen LogP contribution in [0.25, 0.3) is 0 Å². The van der Waals surface area contributed by atoms with Gasteiger partial charge in [0.25, 0.3) is 0 Å². The number of unbranched alkanes of at least 4 members (excludes halogenated alkanes) is 1. The highest BCUT2D eigenvalue weighted by Crippen LogP contribution is 2.06. The van der Waals surface area contributed by atoms with Crippen LogP contribution < -0.4 is 5.32 Å². The Morgan fingerprint density at radius 2 is 1.70 bits per heavy atom. The molecule has 9 nitrogen and oxygen atoms in total. The average molecular weight is 333 g/mol. The van der Waals surface area contributed by atoms with Gasteiger partial charge in [-0.2, -0.15) is 0 Å². The van der Waals surface area contributed by atoms with Crippen molar-refractivity contribution in [3.8, 4) is 0 Å². The lowest BCUT2D eigenvalue weighted by atomic mass is 10.1. The normalized spacial score (nSPS) is 12.2. The first-order chi connectivity index (χ1) is 10.5. The van der Waals surface area contributed by atoms with E-state index in [1.165, 1.54) is 20.8 Å². The van der Waals surface area contributed by atoms with E-state index in [0.717, 1.165) is 0 Å². The van der Waals surface area contributed by atoms with Crippen molar-refractivity contribution in [3.05, 3.63) is 0 Å². The average Bonchev–Trinajstić information content (AvgIpc) is 2.38. The van der Waals surface area contributed by atoms with Crippen LogP contribution in [-0.4, -0.2) is 52.5 Å². The number of carboxylic acids is 1. The van der Waals surface area contributed by atoms with Crippen molar-refractivity contribution in [1.82, 2.24) is 5.32 Å². The zero-order valence-corrected chi connectivity index (χ0v) is 13.5. The molecule has 3 N–H and O–H groups in total. The smallest absolute Gasteiger partial charge is 0.410 e. The Morgan fingerprint density at radius 3 is 2.22 bits per heavy atom. The number of carboxylic acid groups (broad SMARTS) is 1. The summed E-state index contributed by atoms with van der Waals surface area (Å²) in [4.78, 5) is 44.7. The Hall–Kier alpha value is -2.16. The topological polar surface area (TPSA) is 139 Å². The van der Waals surface area contributed by atoms with Gasteiger partial charge in [0.15, 0.2) is 11.9 Å². The van der Waals surface area contributed by atoms with Gasteiger partial charge in [-0.3, -0.25) is 14.4 Å². The molecular formula is C14H23NO8. The van der Waals surface area contributed by atoms with Gasteiger partial charge in [0.2, 0.25) is 5.79 Å². The summed E-state index contributed by atoms with van der Waals surface area (Å²) >= 11 is 0. The van der Waals surface area contributed by atoms with E-state index in [9.17, 15) is 24.3 Å². The Balaban J connectivity index is 3.98. The highest BCUT2D eigenvalue weighted by Gasteiger charge is 2.21. The molecule has 0 unspecified atom stereocenters. The van der Waals surface area contributed by atoms with Gasteiger partial charge in [-0.1, -0.05) is 0 Å². The largest absolute Gasteiger partial charge is 0.481 e. The van der Waals surface area contributed by atoms with Gasteiger partial charge in [0.1, 0.15) is 6.54 Å². The molecule has 0 bridgehead atoms. The molecule has 0 aromatic heterocycles. The third-order valence-corrected chi connectivity index (χ3v) is 2.54. The van der Waals surface area contributed by atoms with Gasteiger partial charge in [-0.25, -0.2) is 4.79 Å². The van der Waals surface area contributed by atoms with E-state index in [1.807, 2.05) is 0 Å². The molecule has 0 aromatic carbocycles. The molecule has 0 aliphatic heterocycles. The molecule has 0 saturated heterocycles. The number of hydrogen-bond acceptors (Lipinski definition) is 7. The first-order valence-electron chi connectivity index (χ1n) is 7.14. The van der Waals surface area contributed by atoms with Gasteiger partial charge in [0, 0.05) is 26.7 Å². The molecule has 0 aliphatic rings. The first kappa shape index (κ1) is 20.8. The second-order valence-electron chi connectivity index (χ2n) is 5.39. The minimum absolute atomic E-state index is 0.0192. The molecule has 23 heavy (non-hydrogen) atoms. The number of nitrogens with one attached hydrogen (secondary N) is 1. The molecule has 1 amide bonds. The first-order valence-corrected chi connectivity index (χ1v) is 7.14. The number of ether oxygens (including phenoxy) is 2. The van der Waals surface area contributed by atoms with Crippen LogP contribution in [-0.2, 0) is 23.9 Å². The van der Waals surface area contributed by atoms with E-state index in [0.29, 0.717) is 12.8 Å². The van der Waals surface area contributed by atoms with Crippen LogP contribution in [0.2, 0.25) is 0 Å². The molecule has 0 radical (unpaired) electrons. The summed E-state index contributed by atoms with van der Waals surface area (Å²) in [5.41, 5.74) is 0. The van der Waals surface area contributed by atoms with Crippen molar-refractivity contribution < 1.29 is 38.9 Å². The third kappa shape index (κ3) is 12.1. The maximum Gasteiger partial charge on any atom is 0.410 e. The second kappa shape index (κ2) is 9.78. The number of amides is 1. The van der Waals surface area contributed by atoms with Crippen LogP contribution in [0.1, 0.15) is 46.5 Å². The number of alkyl carbamates (subject to hydrolysis) is 1. The van der Waals surface area contributed by atoms with Crippen molar-refractivity contribution in [3.63, 3.8) is 0 Å². The monoisotopic (exact) mass is 333 g/mol. The van der Waals surface area contributed by atoms with E-state index in [4.69, 9.17) is 9.84 Å². The lowest BCUT2D eigenvalue weighted by Crippen LogP contribution is -2.38. The number of esters is 1. The van der Waals surface area contributed by atoms with Crippen molar-refractivity contribution in [1.29, 1.82) is 0 Å². The summed E-state index contributed by atoms with van der Waals surface area (Å²) in [7, 11) is 0. The van der Waals surface area contributed by atoms with E-state index in [1.54, 1.807) is 0 Å². The van der Waals surface area contributed by atoms with Crippen molar-refractivity contribution in [2.24, 2.45) is 0 Å². The predicted molar refractivity (Wildman–Crippen MR) is 77.4 cm³/mol. The lowest BCUT2D eigenvalue weighted by molar-refractivity contribution is -0.154. The van der Waals surface area contributed by atoms with E-state index >= 15 is 0 Å². The fraction of sp³-hybridized carbons (Fsp3) is 0.714. The molecule has 0 fully saturated rings. The van der Waals surface area contributed by atoms with Crippen molar-refractivity contribution in [2.45, 2.75) is 58.3 Å². The van der Waals surface area contributed by atoms with Gasteiger partial charge in [-0.15, -0.1) is 0 Å². The number of hydrogen-bond donors (Lipinski definition) is 3. The zero-order valence-electron chi connectivity index (χ0n) is 13.5. The summed E-state index contributed by atoms with van der Waals surface area (Å²) in [6, 6.07) is 0. The number of ketones is 1. The molecule has 132 valence electrons. The minimum atomic E-state index is -1.67. The van der Waals surface area contributed by atoms with Gasteiger partial charge >= 0.3 is 18.0 Å². The van der Waals surface area contributed by atoms with E-state index in [-0.39, 0.29) is 18.6 Å². The molecular weight excluding hydrogens is 310 g/mol. The summed E-state index contributed by atoms with van der Waals surface area (Å²) in [5, 5.41) is 19.8. The highest BCUT2D eigenvalue weighted by molar-refractivity contribution is 5.86. The number of aliphatic hydroxyl groups is 1. The maximum atomic E-state index is 11.7. The standard InChI is InChI=1S/C14H23NO8/c1-9(10(16)6-4-5-7-11(17)18)22-12(19)8-15-13(20)23-14(2,3)21/h9,21H,4-8H2,1-3H3,(H,15,20)(H,17,18)/t9-/m0/s1. The minimum Gasteiger partial charge on any atom is -0.481 e. The quantitative estimate of drug-likeness (QED) is 0.300. The molecule has 0 aliphatic carbocycles. The Labute approximate surface area is 133 Å². The number of Topliss-reactive ketones (excluding diaryl/α,β-unsaturated/α-hetero) is 1. The summed E-state index contributed by atoms with van der Waals surface area (Å²) < 4.78 is 9.34. The fourth-order valence-corrected chi connectivity index (χ4v) is 1.49. The fourth-order valence-electron chi connectivity index (χ4n) is 1.49. The SMILES string of the molecule is C[C@H](OC(=O)CNC(=O)OC(C)(C)O)C(=O)CCCCC(=O)O. The van der Waals surface area contributed by atoms with Gasteiger partial charge < -0.3 is 25.0 Å². The number of carbonyl (C=O) groups is 4. The third-order valence-electron chi connectivity index (χ3n) is 2.54. The lowest BCUT2D eigenvalue weighted by Gasteiger charge is -2.18. The van der Waals surface area contributed by atoms with Crippen LogP contribution >= 0.6 is 0 Å². The van der Waals surface area contributed by atoms with E-state index in [2.05, 4.69) is 10.1 Å². The molecule has 0 aromatic rings. The van der Waals surface area contributed by atoms with Gasteiger partial charge in [0.05, 0.1) is 0 Å². The van der Waals surface area contributed by atoms with Crippen LogP contribution in [0.5, 0.6) is 0 Å². The zero-order chi connectivity index (χ0) is 18.0. The molecule has 0 spiro atoms. The molecule has 9 heteroatoms. The molecule has 0 saturated carbocycles. The highest BCUT2D eigenvalue weighted by atomic mass is 16.7. The summed E-state index contributed by atoms with van der Waals surface area (Å²) in [5.74, 6) is -3.76. The molecule has 0 heterocycles. The summed E-state index contributed by atoms with van der Waals surface area (Å²) in [6.07, 6.45) is -1.14. The Bertz CT molecular complexity index is 441. The molecule has 1 atom stereocenters. The van der Waals surface area contributed by atoms with Crippen LogP contribution in [0.15, 0.2) is 0 Å². The van der Waals surface area contributed by atoms with E-state index < -0.39 is 36.5 Å². The van der Waals surface area contributed by atoms with Crippen LogP contribution in [0, 0.1) is 0 Å². The van der Waals surface area contributed by atoms with Crippen molar-refractivity contribution in [2.75, 3.05) is 6.54 Å². The Kier molecular flexibility index (Phi) is 8.86. The second-order valence-corrected chi connectivity index (χ2v) is 5.39. The molecule has 0 rings (SSSR count). The maximum absolute atomic E-state index is 11.7. The summed E-state index contributed by atoms with van der Waals surface area (Å²) in [6.45, 7) is 3.38. The van der Waals surface area contributed by atoms with Crippen molar-refractivity contribution >= 4 is 23.8 Å².